The van der Waals surface area contributed by atoms with Gasteiger partial charge in [-0.25, -0.2) is 0 Å². The first-order valence-electron chi connectivity index (χ1n) is 4.60. The Labute approximate surface area is 85.2 Å². The van der Waals surface area contributed by atoms with Crippen molar-refractivity contribution in [3.63, 3.8) is 0 Å². The van der Waals surface area contributed by atoms with Crippen molar-refractivity contribution in [3.05, 3.63) is 40.4 Å². The van der Waals surface area contributed by atoms with Crippen molar-refractivity contribution in [1.82, 2.24) is 0 Å². The molecule has 0 saturated heterocycles. The summed E-state index contributed by atoms with van der Waals surface area (Å²) in [4.78, 5) is 0. The van der Waals surface area contributed by atoms with Crippen LogP contribution in [-0.2, 0) is 0 Å². The molecule has 0 aromatic heterocycles. The second kappa shape index (κ2) is 4.48. The van der Waals surface area contributed by atoms with Crippen molar-refractivity contribution >= 4 is 17.2 Å². The Morgan fingerprint density at radius 1 is 1.46 bits per heavy atom. The molecule has 0 unspecified atom stereocenters. The van der Waals surface area contributed by atoms with Crippen LogP contribution in [0.3, 0.4) is 0 Å². The quantitative estimate of drug-likeness (QED) is 0.652. The molecule has 13 heavy (non-hydrogen) atoms. The summed E-state index contributed by atoms with van der Waals surface area (Å²) in [5, 5.41) is 0.813. The van der Waals surface area contributed by atoms with E-state index >= 15 is 0 Å². The Bertz CT molecular complexity index is 324. The van der Waals surface area contributed by atoms with Crippen LogP contribution >= 0.6 is 11.6 Å². The Hall–Kier alpha value is -0.750. The molecule has 0 aliphatic rings. The highest BCUT2D eigenvalue weighted by atomic mass is 35.5. The standard InChI is InChI=1S/C12H15Cl/c1-4-10(5-2)12-8-11(13)7-6-9(12)3/h4,6-8H,5H2,1-3H3. The van der Waals surface area contributed by atoms with Crippen LogP contribution in [0.2, 0.25) is 5.02 Å². The highest BCUT2D eigenvalue weighted by Crippen LogP contribution is 2.24. The first kappa shape index (κ1) is 10.3. The maximum absolute atomic E-state index is 5.95. The van der Waals surface area contributed by atoms with Crippen molar-refractivity contribution in [2.45, 2.75) is 27.2 Å². The van der Waals surface area contributed by atoms with E-state index in [4.69, 9.17) is 11.6 Å². The monoisotopic (exact) mass is 194 g/mol. The van der Waals surface area contributed by atoms with Crippen LogP contribution in [0.5, 0.6) is 0 Å². The molecule has 0 nitrogen and oxygen atoms in total. The Morgan fingerprint density at radius 3 is 2.69 bits per heavy atom. The van der Waals surface area contributed by atoms with Gasteiger partial charge in [-0.1, -0.05) is 30.7 Å². The number of hydrogen-bond donors (Lipinski definition) is 0. The van der Waals surface area contributed by atoms with E-state index in [2.05, 4.69) is 32.9 Å². The minimum Gasteiger partial charge on any atom is -0.0843 e. The summed E-state index contributed by atoms with van der Waals surface area (Å²) in [5.41, 5.74) is 3.93. The van der Waals surface area contributed by atoms with Gasteiger partial charge < -0.3 is 0 Å². The lowest BCUT2D eigenvalue weighted by molar-refractivity contribution is 1.22. The van der Waals surface area contributed by atoms with E-state index in [0.29, 0.717) is 0 Å². The van der Waals surface area contributed by atoms with Gasteiger partial charge in [-0.3, -0.25) is 0 Å². The number of benzene rings is 1. The maximum Gasteiger partial charge on any atom is 0.0412 e. The molecule has 1 rings (SSSR count). The first-order chi connectivity index (χ1) is 6.19. The molecule has 0 spiro atoms. The molecule has 0 heterocycles. The average Bonchev–Trinajstić information content (AvgIpc) is 2.13. The Kier molecular flexibility index (Phi) is 3.56. The van der Waals surface area contributed by atoms with Crippen LogP contribution in [0.4, 0.5) is 0 Å². The van der Waals surface area contributed by atoms with Gasteiger partial charge in [0.2, 0.25) is 0 Å². The lowest BCUT2D eigenvalue weighted by Crippen LogP contribution is -1.87. The number of halogens is 1. The van der Waals surface area contributed by atoms with E-state index in [1.807, 2.05) is 12.1 Å². The van der Waals surface area contributed by atoms with Gasteiger partial charge in [0.15, 0.2) is 0 Å². The highest BCUT2D eigenvalue weighted by molar-refractivity contribution is 6.30. The minimum absolute atomic E-state index is 0.813. The number of aryl methyl sites for hydroxylation is 1. The summed E-state index contributed by atoms with van der Waals surface area (Å²) in [6, 6.07) is 6.04. The molecule has 0 atom stereocenters. The second-order valence-corrected chi connectivity index (χ2v) is 3.56. The van der Waals surface area contributed by atoms with E-state index < -0.39 is 0 Å². The molecule has 0 saturated carbocycles. The van der Waals surface area contributed by atoms with Crippen molar-refractivity contribution in [2.75, 3.05) is 0 Å². The van der Waals surface area contributed by atoms with E-state index in [-0.39, 0.29) is 0 Å². The summed E-state index contributed by atoms with van der Waals surface area (Å²) >= 11 is 5.95. The van der Waals surface area contributed by atoms with Gasteiger partial charge in [-0.15, -0.1) is 0 Å². The van der Waals surface area contributed by atoms with Gasteiger partial charge in [0.05, 0.1) is 0 Å². The van der Waals surface area contributed by atoms with E-state index in [0.717, 1.165) is 11.4 Å². The zero-order valence-corrected chi connectivity index (χ0v) is 9.15. The van der Waals surface area contributed by atoms with Gasteiger partial charge in [0.25, 0.3) is 0 Å². The summed E-state index contributed by atoms with van der Waals surface area (Å²) in [5.74, 6) is 0. The molecular formula is C12H15Cl. The van der Waals surface area contributed by atoms with E-state index in [9.17, 15) is 0 Å². The van der Waals surface area contributed by atoms with Crippen molar-refractivity contribution in [3.8, 4) is 0 Å². The van der Waals surface area contributed by atoms with Gasteiger partial charge in [-0.05, 0) is 49.1 Å². The zero-order chi connectivity index (χ0) is 9.84. The molecule has 0 bridgehead atoms. The van der Waals surface area contributed by atoms with E-state index in [1.165, 1.54) is 16.7 Å². The summed E-state index contributed by atoms with van der Waals surface area (Å²) < 4.78 is 0. The minimum atomic E-state index is 0.813. The second-order valence-electron chi connectivity index (χ2n) is 3.13. The average molecular weight is 195 g/mol. The summed E-state index contributed by atoms with van der Waals surface area (Å²) in [7, 11) is 0. The molecule has 1 aromatic carbocycles. The third kappa shape index (κ3) is 2.35. The molecule has 0 amide bonds. The Morgan fingerprint density at radius 2 is 2.15 bits per heavy atom. The maximum atomic E-state index is 5.95. The van der Waals surface area contributed by atoms with Crippen LogP contribution < -0.4 is 0 Å². The van der Waals surface area contributed by atoms with Crippen LogP contribution in [-0.4, -0.2) is 0 Å². The van der Waals surface area contributed by atoms with Crippen molar-refractivity contribution < 1.29 is 0 Å². The van der Waals surface area contributed by atoms with E-state index in [1.54, 1.807) is 0 Å². The smallest absolute Gasteiger partial charge is 0.0412 e. The molecule has 0 radical (unpaired) electrons. The van der Waals surface area contributed by atoms with Gasteiger partial charge in [-0.2, -0.15) is 0 Å². The number of allylic oxidation sites excluding steroid dienone is 2. The molecule has 0 aliphatic carbocycles. The Balaban J connectivity index is 3.19. The molecule has 1 aromatic rings. The fraction of sp³-hybridized carbons (Fsp3) is 0.333. The molecule has 1 heteroatoms. The van der Waals surface area contributed by atoms with Crippen molar-refractivity contribution in [1.29, 1.82) is 0 Å². The first-order valence-corrected chi connectivity index (χ1v) is 4.98. The predicted octanol–water partition coefficient (Wildman–Crippen LogP) is 4.46. The van der Waals surface area contributed by atoms with Crippen LogP contribution in [0.1, 0.15) is 31.4 Å². The third-order valence-corrected chi connectivity index (χ3v) is 2.51. The van der Waals surface area contributed by atoms with Crippen LogP contribution in [0.15, 0.2) is 24.3 Å². The van der Waals surface area contributed by atoms with Crippen LogP contribution in [0.25, 0.3) is 5.57 Å². The molecular weight excluding hydrogens is 180 g/mol. The van der Waals surface area contributed by atoms with Crippen LogP contribution in [0, 0.1) is 6.92 Å². The SMILES string of the molecule is CC=C(CC)c1cc(Cl)ccc1C. The lowest BCUT2D eigenvalue weighted by atomic mass is 9.99. The molecule has 0 fully saturated rings. The topological polar surface area (TPSA) is 0 Å². The van der Waals surface area contributed by atoms with Gasteiger partial charge >= 0.3 is 0 Å². The number of rotatable bonds is 2. The zero-order valence-electron chi connectivity index (χ0n) is 8.39. The predicted molar refractivity (Wildman–Crippen MR) is 60.1 cm³/mol. The van der Waals surface area contributed by atoms with Crippen molar-refractivity contribution in [2.24, 2.45) is 0 Å². The fourth-order valence-electron chi connectivity index (χ4n) is 1.49. The highest BCUT2D eigenvalue weighted by Gasteiger charge is 2.02. The molecule has 0 aliphatic heterocycles. The number of hydrogen-bond acceptors (Lipinski definition) is 0. The normalized spacial score (nSPS) is 11.8. The fourth-order valence-corrected chi connectivity index (χ4v) is 1.66. The molecule has 0 N–H and O–H groups in total. The molecule has 70 valence electrons. The largest absolute Gasteiger partial charge is 0.0843 e. The summed E-state index contributed by atoms with van der Waals surface area (Å²) in [6.07, 6.45) is 3.20. The summed E-state index contributed by atoms with van der Waals surface area (Å²) in [6.45, 7) is 6.35. The van der Waals surface area contributed by atoms with Gasteiger partial charge in [0.1, 0.15) is 0 Å². The van der Waals surface area contributed by atoms with Gasteiger partial charge in [0, 0.05) is 5.02 Å². The lowest BCUT2D eigenvalue weighted by Gasteiger charge is -2.08. The third-order valence-electron chi connectivity index (χ3n) is 2.27.